The van der Waals surface area contributed by atoms with Gasteiger partial charge < -0.3 is 10.1 Å². The van der Waals surface area contributed by atoms with Crippen LogP contribution in [0.4, 0.5) is 5.13 Å². The average molecular weight is 416 g/mol. The van der Waals surface area contributed by atoms with Crippen molar-refractivity contribution in [3.8, 4) is 5.75 Å². The van der Waals surface area contributed by atoms with Gasteiger partial charge in [0.1, 0.15) is 17.6 Å². The van der Waals surface area contributed by atoms with Crippen LogP contribution in [-0.2, 0) is 14.8 Å². The number of nitrogens with one attached hydrogen (secondary N) is 2. The summed E-state index contributed by atoms with van der Waals surface area (Å²) in [4.78, 5) is 21.3. The summed E-state index contributed by atoms with van der Waals surface area (Å²) < 4.78 is 32.8. The van der Waals surface area contributed by atoms with Crippen LogP contribution < -0.4 is 14.8 Å². The number of methoxy groups -OCH3 is 1. The molecule has 0 aliphatic carbocycles. The lowest BCUT2D eigenvalue weighted by Crippen LogP contribution is -2.28. The van der Waals surface area contributed by atoms with E-state index < -0.39 is 16.1 Å². The molecule has 144 valence electrons. The Morgan fingerprint density at radius 2 is 2.07 bits per heavy atom. The monoisotopic (exact) mass is 416 g/mol. The molecule has 1 aliphatic rings. The minimum atomic E-state index is -3.64. The SMILES string of the molecule is COc1ccc2nc(NC(=O)[C@@H](C)N=C3NS(=O)(=O)c4ccccc43)sc2c1. The molecule has 0 fully saturated rings. The minimum absolute atomic E-state index is 0.154. The number of aliphatic imine (C=N–C) groups is 1. The fraction of sp³-hybridized carbons (Fsp3) is 0.167. The van der Waals surface area contributed by atoms with E-state index in [0.717, 1.165) is 10.2 Å². The number of benzene rings is 2. The number of sulfonamides is 1. The summed E-state index contributed by atoms with van der Waals surface area (Å²) in [5, 5.41) is 3.17. The third kappa shape index (κ3) is 3.32. The second kappa shape index (κ2) is 6.88. The topological polar surface area (TPSA) is 110 Å². The van der Waals surface area contributed by atoms with Crippen molar-refractivity contribution in [1.29, 1.82) is 0 Å². The Hall–Kier alpha value is -2.98. The number of amidine groups is 1. The Bertz CT molecular complexity index is 1220. The van der Waals surface area contributed by atoms with Gasteiger partial charge in [0.05, 0.1) is 22.2 Å². The summed E-state index contributed by atoms with van der Waals surface area (Å²) in [7, 11) is -2.06. The first-order chi connectivity index (χ1) is 13.4. The molecule has 10 heteroatoms. The van der Waals surface area contributed by atoms with Crippen LogP contribution in [0.25, 0.3) is 10.2 Å². The number of fused-ring (bicyclic) bond motifs is 2. The highest BCUT2D eigenvalue weighted by atomic mass is 32.2. The zero-order chi connectivity index (χ0) is 19.9. The van der Waals surface area contributed by atoms with Crippen molar-refractivity contribution >= 4 is 48.5 Å². The predicted molar refractivity (Wildman–Crippen MR) is 108 cm³/mol. The van der Waals surface area contributed by atoms with Crippen LogP contribution in [0.2, 0.25) is 0 Å². The van der Waals surface area contributed by atoms with Gasteiger partial charge in [-0.3, -0.25) is 14.5 Å². The van der Waals surface area contributed by atoms with E-state index in [1.807, 2.05) is 12.1 Å². The van der Waals surface area contributed by atoms with Crippen LogP contribution in [0.15, 0.2) is 52.4 Å². The largest absolute Gasteiger partial charge is 0.497 e. The van der Waals surface area contributed by atoms with E-state index in [4.69, 9.17) is 4.74 Å². The van der Waals surface area contributed by atoms with Crippen molar-refractivity contribution in [1.82, 2.24) is 9.71 Å². The van der Waals surface area contributed by atoms with Crippen LogP contribution in [0, 0.1) is 0 Å². The molecule has 0 radical (unpaired) electrons. The smallest absolute Gasteiger partial charge is 0.263 e. The van der Waals surface area contributed by atoms with Crippen molar-refractivity contribution < 1.29 is 17.9 Å². The molecule has 0 spiro atoms. The summed E-state index contributed by atoms with van der Waals surface area (Å²) in [6, 6.07) is 11.1. The van der Waals surface area contributed by atoms with Gasteiger partial charge in [0.2, 0.25) is 0 Å². The first-order valence-corrected chi connectivity index (χ1v) is 10.6. The minimum Gasteiger partial charge on any atom is -0.497 e. The Labute approximate surface area is 165 Å². The Kier molecular flexibility index (Phi) is 4.52. The Morgan fingerprint density at radius 1 is 1.29 bits per heavy atom. The molecule has 8 nitrogen and oxygen atoms in total. The number of thiazole rings is 1. The van der Waals surface area contributed by atoms with Gasteiger partial charge in [0.25, 0.3) is 15.9 Å². The molecule has 1 aliphatic heterocycles. The molecular formula is C18H16N4O4S2. The second-order valence-electron chi connectivity index (χ2n) is 6.10. The average Bonchev–Trinajstić information content (AvgIpc) is 3.19. The van der Waals surface area contributed by atoms with Crippen molar-refractivity contribution in [2.45, 2.75) is 17.9 Å². The van der Waals surface area contributed by atoms with Crippen molar-refractivity contribution in [2.24, 2.45) is 4.99 Å². The normalized spacial score (nSPS) is 17.1. The van der Waals surface area contributed by atoms with Gasteiger partial charge in [-0.05, 0) is 37.3 Å². The fourth-order valence-corrected chi connectivity index (χ4v) is 4.91. The molecule has 0 saturated carbocycles. The van der Waals surface area contributed by atoms with Gasteiger partial charge in [-0.15, -0.1) is 0 Å². The van der Waals surface area contributed by atoms with E-state index in [1.165, 1.54) is 17.4 Å². The standard InChI is InChI=1S/C18H16N4O4S2/c1-10(19-16-12-5-3-4-6-15(12)28(24,25)22-16)17(23)21-18-20-13-8-7-11(26-2)9-14(13)27-18/h3-10H,1-2H3,(H,19,22)(H,20,21,23)/t10-/m1/s1. The van der Waals surface area contributed by atoms with E-state index >= 15 is 0 Å². The van der Waals surface area contributed by atoms with Crippen molar-refractivity contribution in [3.63, 3.8) is 0 Å². The third-order valence-corrected chi connectivity index (χ3v) is 6.52. The fourth-order valence-electron chi connectivity index (χ4n) is 2.78. The zero-order valence-electron chi connectivity index (χ0n) is 15.0. The zero-order valence-corrected chi connectivity index (χ0v) is 16.6. The van der Waals surface area contributed by atoms with E-state index in [9.17, 15) is 13.2 Å². The first kappa shape index (κ1) is 18.4. The van der Waals surface area contributed by atoms with Crippen LogP contribution in [0.1, 0.15) is 12.5 Å². The number of carbonyl (C=O) groups is 1. The van der Waals surface area contributed by atoms with Gasteiger partial charge in [-0.1, -0.05) is 23.5 Å². The number of nitrogens with zero attached hydrogens (tertiary/aromatic N) is 2. The first-order valence-electron chi connectivity index (χ1n) is 8.33. The Balaban J connectivity index is 1.55. The van der Waals surface area contributed by atoms with Crippen LogP contribution in [-0.4, -0.2) is 38.3 Å². The van der Waals surface area contributed by atoms with Crippen LogP contribution in [0.5, 0.6) is 5.75 Å². The quantitative estimate of drug-likeness (QED) is 0.679. The lowest BCUT2D eigenvalue weighted by Gasteiger charge is -2.07. The Morgan fingerprint density at radius 3 is 2.86 bits per heavy atom. The lowest BCUT2D eigenvalue weighted by molar-refractivity contribution is -0.117. The van der Waals surface area contributed by atoms with Gasteiger partial charge in [0, 0.05) is 5.56 Å². The number of hydrogen-bond donors (Lipinski definition) is 2. The van der Waals surface area contributed by atoms with Crippen LogP contribution >= 0.6 is 11.3 Å². The van der Waals surface area contributed by atoms with Gasteiger partial charge in [-0.2, -0.15) is 0 Å². The van der Waals surface area contributed by atoms with E-state index in [1.54, 1.807) is 38.3 Å². The highest BCUT2D eigenvalue weighted by Crippen LogP contribution is 2.29. The maximum atomic E-state index is 12.5. The molecule has 0 saturated heterocycles. The van der Waals surface area contributed by atoms with Crippen molar-refractivity contribution in [3.05, 3.63) is 48.0 Å². The number of carbonyl (C=O) groups excluding carboxylic acids is 1. The molecular weight excluding hydrogens is 400 g/mol. The number of aromatic nitrogens is 1. The number of amides is 1. The molecule has 1 aromatic heterocycles. The highest BCUT2D eigenvalue weighted by Gasteiger charge is 2.31. The molecule has 2 N–H and O–H groups in total. The molecule has 1 amide bonds. The van der Waals surface area contributed by atoms with Crippen LogP contribution in [0.3, 0.4) is 0 Å². The number of ether oxygens (including phenoxy) is 1. The van der Waals surface area contributed by atoms with Gasteiger partial charge in [-0.25, -0.2) is 13.4 Å². The molecule has 2 aromatic carbocycles. The molecule has 2 heterocycles. The summed E-state index contributed by atoms with van der Waals surface area (Å²) in [5.41, 5.74) is 1.20. The van der Waals surface area contributed by atoms with Gasteiger partial charge in [0.15, 0.2) is 5.13 Å². The summed E-state index contributed by atoms with van der Waals surface area (Å²) in [5.74, 6) is 0.482. The molecule has 28 heavy (non-hydrogen) atoms. The molecule has 0 bridgehead atoms. The summed E-state index contributed by atoms with van der Waals surface area (Å²) in [6.07, 6.45) is 0. The molecule has 3 aromatic rings. The summed E-state index contributed by atoms with van der Waals surface area (Å²) in [6.45, 7) is 1.59. The maximum absolute atomic E-state index is 12.5. The predicted octanol–water partition coefficient (Wildman–Crippen LogP) is 2.37. The summed E-state index contributed by atoms with van der Waals surface area (Å²) >= 11 is 1.32. The van der Waals surface area contributed by atoms with Gasteiger partial charge >= 0.3 is 0 Å². The number of rotatable bonds is 4. The third-order valence-electron chi connectivity index (χ3n) is 4.19. The molecule has 0 unspecified atom stereocenters. The number of anilines is 1. The van der Waals surface area contributed by atoms with E-state index in [0.29, 0.717) is 16.4 Å². The lowest BCUT2D eigenvalue weighted by atomic mass is 10.2. The van der Waals surface area contributed by atoms with E-state index in [2.05, 4.69) is 20.0 Å². The molecule has 1 atom stereocenters. The number of hydrogen-bond acceptors (Lipinski definition) is 7. The second-order valence-corrected chi connectivity index (χ2v) is 8.78. The maximum Gasteiger partial charge on any atom is 0.263 e. The van der Waals surface area contributed by atoms with Crippen molar-refractivity contribution in [2.75, 3.05) is 12.4 Å². The molecule has 4 rings (SSSR count). The van der Waals surface area contributed by atoms with E-state index in [-0.39, 0.29) is 16.6 Å². The highest BCUT2D eigenvalue weighted by molar-refractivity contribution is 7.90.